The number of aryl methyl sites for hydroxylation is 1. The highest BCUT2D eigenvalue weighted by Gasteiger charge is 2.30. The fraction of sp³-hybridized carbons (Fsp3) is 0.565. The smallest absolute Gasteiger partial charge is 0.190 e. The Morgan fingerprint density at radius 3 is 2.00 bits per heavy atom. The van der Waals surface area contributed by atoms with E-state index in [1.165, 1.54) is 44.9 Å². The number of benzene rings is 1. The standard InChI is InChI=1S/C23H32O2/c1-4-5-6-7-8-9-10-11-12-15-19-18(3)22(24)21-17(2)14-13-16-20(21)23(19)25/h13-14,16H,4-12,15H2,1-3H3. The molecule has 1 aliphatic rings. The van der Waals surface area contributed by atoms with Gasteiger partial charge in [0.05, 0.1) is 0 Å². The first-order valence-corrected chi connectivity index (χ1v) is 9.96. The van der Waals surface area contributed by atoms with Gasteiger partial charge in [0, 0.05) is 22.3 Å². The SMILES string of the molecule is CCCCCCCCCCCC1=C(C)C(=O)c2c(C)cccc2C1=O. The summed E-state index contributed by atoms with van der Waals surface area (Å²) in [6, 6.07) is 5.57. The van der Waals surface area contributed by atoms with E-state index in [1.54, 1.807) is 6.07 Å². The molecule has 1 aliphatic carbocycles. The lowest BCUT2D eigenvalue weighted by molar-refractivity contribution is 0.0971. The maximum absolute atomic E-state index is 12.8. The number of ketones is 2. The van der Waals surface area contributed by atoms with Gasteiger partial charge in [-0.3, -0.25) is 9.59 Å². The Morgan fingerprint density at radius 2 is 1.36 bits per heavy atom. The monoisotopic (exact) mass is 340 g/mol. The second-order valence-electron chi connectivity index (χ2n) is 7.34. The normalized spacial score (nSPS) is 14.2. The zero-order chi connectivity index (χ0) is 18.2. The van der Waals surface area contributed by atoms with E-state index in [-0.39, 0.29) is 11.6 Å². The van der Waals surface area contributed by atoms with E-state index in [2.05, 4.69) is 6.92 Å². The van der Waals surface area contributed by atoms with E-state index < -0.39 is 0 Å². The molecule has 0 amide bonds. The van der Waals surface area contributed by atoms with Crippen LogP contribution in [0.4, 0.5) is 0 Å². The van der Waals surface area contributed by atoms with E-state index in [0.717, 1.165) is 30.4 Å². The molecule has 136 valence electrons. The molecule has 2 nitrogen and oxygen atoms in total. The Morgan fingerprint density at radius 1 is 0.760 bits per heavy atom. The minimum atomic E-state index is 0.0404. The molecule has 1 aromatic carbocycles. The van der Waals surface area contributed by atoms with Crippen molar-refractivity contribution in [3.63, 3.8) is 0 Å². The fourth-order valence-electron chi connectivity index (χ4n) is 3.73. The van der Waals surface area contributed by atoms with Gasteiger partial charge in [0.2, 0.25) is 0 Å². The highest BCUT2D eigenvalue weighted by molar-refractivity contribution is 6.27. The molecule has 0 atom stereocenters. The molecule has 0 saturated heterocycles. The Balaban J connectivity index is 1.83. The van der Waals surface area contributed by atoms with Crippen LogP contribution in [0, 0.1) is 6.92 Å². The van der Waals surface area contributed by atoms with Gasteiger partial charge in [-0.25, -0.2) is 0 Å². The third kappa shape index (κ3) is 4.90. The second-order valence-corrected chi connectivity index (χ2v) is 7.34. The average Bonchev–Trinajstić information content (AvgIpc) is 2.60. The molecule has 0 radical (unpaired) electrons. The van der Waals surface area contributed by atoms with Gasteiger partial charge in [-0.2, -0.15) is 0 Å². The summed E-state index contributed by atoms with van der Waals surface area (Å²) in [6.07, 6.45) is 12.1. The molecule has 1 aromatic rings. The third-order valence-corrected chi connectivity index (χ3v) is 5.34. The maximum Gasteiger partial charge on any atom is 0.190 e. The largest absolute Gasteiger partial charge is 0.289 e. The van der Waals surface area contributed by atoms with Gasteiger partial charge in [0.1, 0.15) is 0 Å². The molecule has 0 spiro atoms. The van der Waals surface area contributed by atoms with Gasteiger partial charge < -0.3 is 0 Å². The first-order valence-electron chi connectivity index (χ1n) is 9.96. The number of carbonyl (C=O) groups is 2. The van der Waals surface area contributed by atoms with Crippen molar-refractivity contribution in [3.8, 4) is 0 Å². The summed E-state index contributed by atoms with van der Waals surface area (Å²) >= 11 is 0. The van der Waals surface area contributed by atoms with Gasteiger partial charge in [-0.05, 0) is 32.3 Å². The van der Waals surface area contributed by atoms with Crippen LogP contribution in [0.2, 0.25) is 0 Å². The average molecular weight is 341 g/mol. The zero-order valence-electron chi connectivity index (χ0n) is 16.1. The van der Waals surface area contributed by atoms with Crippen LogP contribution in [0.15, 0.2) is 29.3 Å². The molecule has 0 fully saturated rings. The van der Waals surface area contributed by atoms with Crippen molar-refractivity contribution in [2.75, 3.05) is 0 Å². The van der Waals surface area contributed by atoms with Crippen LogP contribution in [-0.4, -0.2) is 11.6 Å². The lowest BCUT2D eigenvalue weighted by atomic mass is 9.81. The Labute approximate surface area is 152 Å². The Bertz CT molecular complexity index is 652. The van der Waals surface area contributed by atoms with Crippen LogP contribution in [0.3, 0.4) is 0 Å². The maximum atomic E-state index is 12.8. The lowest BCUT2D eigenvalue weighted by Gasteiger charge is -2.20. The number of hydrogen-bond donors (Lipinski definition) is 0. The highest BCUT2D eigenvalue weighted by Crippen LogP contribution is 2.31. The van der Waals surface area contributed by atoms with Crippen LogP contribution in [-0.2, 0) is 0 Å². The summed E-state index contributed by atoms with van der Waals surface area (Å²) in [5.41, 5.74) is 3.51. The van der Waals surface area contributed by atoms with E-state index in [9.17, 15) is 9.59 Å². The molecule has 0 aliphatic heterocycles. The summed E-state index contributed by atoms with van der Waals surface area (Å²) in [4.78, 5) is 25.4. The molecule has 25 heavy (non-hydrogen) atoms. The van der Waals surface area contributed by atoms with E-state index in [0.29, 0.717) is 16.7 Å². The molecule has 0 saturated carbocycles. The molecule has 0 heterocycles. The van der Waals surface area contributed by atoms with Crippen LogP contribution >= 0.6 is 0 Å². The van der Waals surface area contributed by atoms with E-state index in [1.807, 2.05) is 26.0 Å². The van der Waals surface area contributed by atoms with Gasteiger partial charge in [-0.15, -0.1) is 0 Å². The predicted molar refractivity (Wildman–Crippen MR) is 104 cm³/mol. The zero-order valence-corrected chi connectivity index (χ0v) is 16.1. The Hall–Kier alpha value is -1.70. The number of unbranched alkanes of at least 4 members (excludes halogenated alkanes) is 8. The first-order chi connectivity index (χ1) is 12.1. The van der Waals surface area contributed by atoms with Crippen molar-refractivity contribution in [1.82, 2.24) is 0 Å². The quantitative estimate of drug-likeness (QED) is 0.449. The minimum Gasteiger partial charge on any atom is -0.289 e. The molecule has 0 unspecified atom stereocenters. The molecular weight excluding hydrogens is 308 g/mol. The number of fused-ring (bicyclic) bond motifs is 1. The van der Waals surface area contributed by atoms with E-state index >= 15 is 0 Å². The third-order valence-electron chi connectivity index (χ3n) is 5.34. The minimum absolute atomic E-state index is 0.0404. The predicted octanol–water partition coefficient (Wildman–Crippen LogP) is 6.61. The van der Waals surface area contributed by atoms with Gasteiger partial charge >= 0.3 is 0 Å². The summed E-state index contributed by atoms with van der Waals surface area (Å²) in [5, 5.41) is 0. The molecule has 0 N–H and O–H groups in total. The molecule has 0 aromatic heterocycles. The van der Waals surface area contributed by atoms with Crippen LogP contribution in [0.1, 0.15) is 104 Å². The summed E-state index contributed by atoms with van der Waals surface area (Å²) < 4.78 is 0. The van der Waals surface area contributed by atoms with Crippen molar-refractivity contribution in [1.29, 1.82) is 0 Å². The molecular formula is C23H32O2. The van der Waals surface area contributed by atoms with Gasteiger partial charge in [0.15, 0.2) is 11.6 Å². The fourth-order valence-corrected chi connectivity index (χ4v) is 3.73. The van der Waals surface area contributed by atoms with Crippen molar-refractivity contribution < 1.29 is 9.59 Å². The molecule has 2 rings (SSSR count). The first kappa shape index (κ1) is 19.6. The van der Waals surface area contributed by atoms with E-state index in [4.69, 9.17) is 0 Å². The van der Waals surface area contributed by atoms with Crippen LogP contribution in [0.5, 0.6) is 0 Å². The highest BCUT2D eigenvalue weighted by atomic mass is 16.1. The van der Waals surface area contributed by atoms with Crippen LogP contribution < -0.4 is 0 Å². The van der Waals surface area contributed by atoms with Crippen molar-refractivity contribution in [2.45, 2.75) is 85.0 Å². The number of Topliss-reactive ketones (excluding diaryl/α,β-unsaturated/α-hetero) is 2. The van der Waals surface area contributed by atoms with Gasteiger partial charge in [0.25, 0.3) is 0 Å². The number of rotatable bonds is 10. The number of allylic oxidation sites excluding steroid dienone is 2. The summed E-state index contributed by atoms with van der Waals surface area (Å²) in [7, 11) is 0. The van der Waals surface area contributed by atoms with Crippen molar-refractivity contribution >= 4 is 11.6 Å². The second kappa shape index (κ2) is 9.70. The lowest BCUT2D eigenvalue weighted by Crippen LogP contribution is -2.22. The topological polar surface area (TPSA) is 34.1 Å². The van der Waals surface area contributed by atoms with Crippen molar-refractivity contribution in [2.24, 2.45) is 0 Å². The summed E-state index contributed by atoms with van der Waals surface area (Å²) in [5.74, 6) is 0.106. The number of hydrogen-bond acceptors (Lipinski definition) is 2. The van der Waals surface area contributed by atoms with Gasteiger partial charge in [-0.1, -0.05) is 76.5 Å². The summed E-state index contributed by atoms with van der Waals surface area (Å²) in [6.45, 7) is 5.97. The molecule has 0 bridgehead atoms. The molecule has 2 heteroatoms. The van der Waals surface area contributed by atoms with Crippen LogP contribution in [0.25, 0.3) is 0 Å². The van der Waals surface area contributed by atoms with Crippen molar-refractivity contribution in [3.05, 3.63) is 46.0 Å². The Kier molecular flexibility index (Phi) is 7.61. The number of carbonyl (C=O) groups excluding carboxylic acids is 2.